The van der Waals surface area contributed by atoms with Crippen molar-refractivity contribution in [1.82, 2.24) is 0 Å². The molecular formula is C23H37NO5S. The fraction of sp³-hybridized carbons (Fsp3) is 0.739. The maximum absolute atomic E-state index is 11.1. The van der Waals surface area contributed by atoms with Crippen molar-refractivity contribution in [3.05, 3.63) is 22.4 Å². The van der Waals surface area contributed by atoms with E-state index in [4.69, 9.17) is 0 Å². The summed E-state index contributed by atoms with van der Waals surface area (Å²) in [7, 11) is 1.41. The lowest BCUT2D eigenvalue weighted by atomic mass is 9.84. The van der Waals surface area contributed by atoms with Crippen LogP contribution in [0.25, 0.3) is 0 Å². The third-order valence-electron chi connectivity index (χ3n) is 6.23. The first-order valence-electron chi connectivity index (χ1n) is 11.2. The lowest BCUT2D eigenvalue weighted by molar-refractivity contribution is -0.140. The van der Waals surface area contributed by atoms with Crippen LogP contribution >= 0.6 is 11.3 Å². The molecule has 0 spiro atoms. The summed E-state index contributed by atoms with van der Waals surface area (Å²) in [4.78, 5) is 12.5. The number of carbonyl (C=O) groups is 1. The average Bonchev–Trinajstić information content (AvgIpc) is 3.36. The van der Waals surface area contributed by atoms with Crippen molar-refractivity contribution < 1.29 is 25.0 Å². The first-order valence-corrected chi connectivity index (χ1v) is 12.1. The molecule has 0 aliphatic heterocycles. The molecule has 4 unspecified atom stereocenters. The summed E-state index contributed by atoms with van der Waals surface area (Å²) < 4.78 is 4.65. The van der Waals surface area contributed by atoms with Gasteiger partial charge in [-0.15, -0.1) is 11.3 Å². The summed E-state index contributed by atoms with van der Waals surface area (Å²) in [6.07, 6.45) is 8.81. The van der Waals surface area contributed by atoms with E-state index in [2.05, 4.69) is 27.4 Å². The van der Waals surface area contributed by atoms with Crippen LogP contribution in [0.1, 0.15) is 75.5 Å². The van der Waals surface area contributed by atoms with Crippen LogP contribution in [0.4, 0.5) is 0 Å². The van der Waals surface area contributed by atoms with E-state index in [9.17, 15) is 20.2 Å². The zero-order valence-corrected chi connectivity index (χ0v) is 18.9. The van der Waals surface area contributed by atoms with E-state index in [1.165, 1.54) is 12.0 Å². The Balaban J connectivity index is 1.70. The van der Waals surface area contributed by atoms with Gasteiger partial charge in [0.1, 0.15) is 0 Å². The van der Waals surface area contributed by atoms with Crippen LogP contribution in [0.2, 0.25) is 0 Å². The zero-order valence-electron chi connectivity index (χ0n) is 18.0. The van der Waals surface area contributed by atoms with E-state index in [0.717, 1.165) is 57.8 Å². The van der Waals surface area contributed by atoms with Gasteiger partial charge in [0.05, 0.1) is 25.0 Å². The van der Waals surface area contributed by atoms with Crippen molar-refractivity contribution >= 4 is 23.0 Å². The highest BCUT2D eigenvalue weighted by Crippen LogP contribution is 2.37. The fourth-order valence-corrected chi connectivity index (χ4v) is 5.26. The number of aliphatic hydroxyl groups excluding tert-OH is 2. The van der Waals surface area contributed by atoms with Crippen LogP contribution in [0.15, 0.2) is 22.7 Å². The van der Waals surface area contributed by atoms with E-state index >= 15 is 0 Å². The fourth-order valence-electron chi connectivity index (χ4n) is 4.51. The Hall–Kier alpha value is -1.44. The number of aliphatic hydroxyl groups is 2. The third kappa shape index (κ3) is 8.36. The van der Waals surface area contributed by atoms with Crippen LogP contribution in [-0.2, 0) is 16.0 Å². The summed E-state index contributed by atoms with van der Waals surface area (Å²) >= 11 is 1.75. The molecule has 1 heterocycles. The monoisotopic (exact) mass is 439 g/mol. The van der Waals surface area contributed by atoms with Gasteiger partial charge in [-0.3, -0.25) is 4.79 Å². The number of thiophene rings is 1. The smallest absolute Gasteiger partial charge is 0.305 e. The number of carbonyl (C=O) groups excluding carboxylic acids is 1. The normalized spacial score (nSPS) is 23.7. The minimum Gasteiger partial charge on any atom is -0.469 e. The number of methoxy groups -OCH3 is 1. The Morgan fingerprint density at radius 2 is 2.03 bits per heavy atom. The first kappa shape index (κ1) is 24.8. The highest BCUT2D eigenvalue weighted by molar-refractivity contribution is 7.09. The largest absolute Gasteiger partial charge is 0.469 e. The molecule has 1 aromatic heterocycles. The molecule has 4 atom stereocenters. The van der Waals surface area contributed by atoms with Gasteiger partial charge in [0, 0.05) is 23.6 Å². The van der Waals surface area contributed by atoms with Crippen LogP contribution < -0.4 is 0 Å². The number of hydrogen-bond acceptors (Lipinski definition) is 7. The molecule has 0 aromatic carbocycles. The molecule has 0 saturated heterocycles. The van der Waals surface area contributed by atoms with Crippen LogP contribution in [-0.4, -0.2) is 46.4 Å². The van der Waals surface area contributed by atoms with Crippen molar-refractivity contribution in [2.24, 2.45) is 17.0 Å². The van der Waals surface area contributed by atoms with Crippen molar-refractivity contribution in [1.29, 1.82) is 0 Å². The molecule has 30 heavy (non-hydrogen) atoms. The predicted octanol–water partition coefficient (Wildman–Crippen LogP) is 4.55. The molecule has 1 fully saturated rings. The topological polar surface area (TPSA) is 99.4 Å². The van der Waals surface area contributed by atoms with Gasteiger partial charge in [-0.2, -0.15) is 0 Å². The second kappa shape index (κ2) is 13.8. The number of hydrogen-bond donors (Lipinski definition) is 3. The Morgan fingerprint density at radius 1 is 1.23 bits per heavy atom. The molecule has 1 aromatic rings. The Bertz CT molecular complexity index is 634. The van der Waals surface area contributed by atoms with E-state index in [1.807, 2.05) is 0 Å². The van der Waals surface area contributed by atoms with Gasteiger partial charge in [0.25, 0.3) is 0 Å². The second-order valence-electron chi connectivity index (χ2n) is 8.36. The molecule has 0 radical (unpaired) electrons. The van der Waals surface area contributed by atoms with Gasteiger partial charge < -0.3 is 20.2 Å². The highest BCUT2D eigenvalue weighted by Gasteiger charge is 2.39. The molecule has 2 rings (SSSR count). The number of aryl methyl sites for hydroxylation is 1. The van der Waals surface area contributed by atoms with Crippen LogP contribution in [0.3, 0.4) is 0 Å². The van der Waals surface area contributed by atoms with E-state index in [1.54, 1.807) is 11.3 Å². The second-order valence-corrected chi connectivity index (χ2v) is 9.40. The van der Waals surface area contributed by atoms with Gasteiger partial charge in [-0.25, -0.2) is 0 Å². The Labute approximate surface area is 184 Å². The molecular weight excluding hydrogens is 402 g/mol. The lowest BCUT2D eigenvalue weighted by Crippen LogP contribution is -2.22. The number of unbranched alkanes of at least 4 members (excludes halogenated alkanes) is 3. The van der Waals surface area contributed by atoms with Crippen molar-refractivity contribution in [3.63, 3.8) is 0 Å². The number of rotatable bonds is 14. The van der Waals surface area contributed by atoms with E-state index in [0.29, 0.717) is 25.0 Å². The molecule has 1 saturated carbocycles. The van der Waals surface area contributed by atoms with Crippen molar-refractivity contribution in [3.8, 4) is 0 Å². The minimum absolute atomic E-state index is 0.0343. The molecule has 7 heteroatoms. The number of nitrogens with zero attached hydrogens (tertiary/aromatic N) is 1. The van der Waals surface area contributed by atoms with Gasteiger partial charge in [-0.05, 0) is 62.3 Å². The van der Waals surface area contributed by atoms with Crippen molar-refractivity contribution in [2.75, 3.05) is 7.11 Å². The third-order valence-corrected chi connectivity index (χ3v) is 7.17. The lowest BCUT2D eigenvalue weighted by Gasteiger charge is -2.23. The van der Waals surface area contributed by atoms with E-state index < -0.39 is 6.10 Å². The van der Waals surface area contributed by atoms with Crippen LogP contribution in [0.5, 0.6) is 0 Å². The minimum atomic E-state index is -0.480. The van der Waals surface area contributed by atoms with Gasteiger partial charge in [0.2, 0.25) is 0 Å². The summed E-state index contributed by atoms with van der Waals surface area (Å²) in [5.41, 5.74) is 0.670. The molecule has 6 nitrogen and oxygen atoms in total. The van der Waals surface area contributed by atoms with E-state index in [-0.39, 0.29) is 23.9 Å². The number of oxime groups is 1. The number of esters is 1. The van der Waals surface area contributed by atoms with Crippen molar-refractivity contribution in [2.45, 2.75) is 89.3 Å². The molecule has 1 aliphatic rings. The van der Waals surface area contributed by atoms with Gasteiger partial charge in [0.15, 0.2) is 0 Å². The summed E-state index contributed by atoms with van der Waals surface area (Å²) in [5, 5.41) is 35.8. The molecule has 3 N–H and O–H groups in total. The average molecular weight is 440 g/mol. The Morgan fingerprint density at radius 3 is 2.73 bits per heavy atom. The van der Waals surface area contributed by atoms with Crippen LogP contribution in [0, 0.1) is 11.8 Å². The summed E-state index contributed by atoms with van der Waals surface area (Å²) in [6.45, 7) is 0. The zero-order chi connectivity index (χ0) is 21.8. The highest BCUT2D eigenvalue weighted by atomic mass is 32.1. The Kier molecular flexibility index (Phi) is 11.4. The standard InChI is InChI=1S/C23H37NO5S/c1-29-23(27)12-5-3-2-4-11-20-19(21(24-28)16-22(20)26)14-13-17(25)8-6-9-18-10-7-15-30-18/h7,10,15,17,19-20,22,25-26,28H,2-6,8-9,11-14,16H2,1H3/b24-21-. The molecule has 0 amide bonds. The molecule has 0 bridgehead atoms. The predicted molar refractivity (Wildman–Crippen MR) is 119 cm³/mol. The van der Waals surface area contributed by atoms with Gasteiger partial charge >= 0.3 is 5.97 Å². The van der Waals surface area contributed by atoms with Gasteiger partial charge in [-0.1, -0.05) is 30.5 Å². The maximum atomic E-state index is 11.1. The number of ether oxygens (including phenoxy) is 1. The molecule has 1 aliphatic carbocycles. The molecule has 170 valence electrons. The summed E-state index contributed by atoms with van der Waals surface area (Å²) in [6, 6.07) is 4.18. The summed E-state index contributed by atoms with van der Waals surface area (Å²) in [5.74, 6) is -0.0548. The quantitative estimate of drug-likeness (QED) is 0.171. The first-order chi connectivity index (χ1) is 14.5. The SMILES string of the molecule is COC(=O)CCCCCCC1C(O)C/C(=N/O)C1CCC(O)CCCc1cccs1. The maximum Gasteiger partial charge on any atom is 0.305 e.